The highest BCUT2D eigenvalue weighted by Gasteiger charge is 2.27. The van der Waals surface area contributed by atoms with E-state index >= 15 is 0 Å². The van der Waals surface area contributed by atoms with Gasteiger partial charge < -0.3 is 15.3 Å². The molecule has 3 rings (SSSR count). The van der Waals surface area contributed by atoms with E-state index < -0.39 is 0 Å². The molecule has 0 aliphatic heterocycles. The van der Waals surface area contributed by atoms with Crippen LogP contribution in [0.15, 0.2) is 64.4 Å². The zero-order valence-electron chi connectivity index (χ0n) is 15.6. The maximum atomic E-state index is 12.9. The van der Waals surface area contributed by atoms with Crippen molar-refractivity contribution in [1.82, 2.24) is 0 Å². The number of hydrogen-bond donors (Lipinski definition) is 3. The molecule has 7 heteroatoms. The van der Waals surface area contributed by atoms with Crippen LogP contribution >= 0.6 is 23.2 Å². The summed E-state index contributed by atoms with van der Waals surface area (Å²) in [6.45, 7) is 1.91. The molecular formula is C22H19Cl2NO4. The fourth-order valence-corrected chi connectivity index (χ4v) is 3.51. The van der Waals surface area contributed by atoms with Gasteiger partial charge in [0.05, 0.1) is 10.7 Å². The average molecular weight is 432 g/mol. The topological polar surface area (TPSA) is 90.1 Å². The van der Waals surface area contributed by atoms with Crippen molar-refractivity contribution in [1.29, 1.82) is 0 Å². The van der Waals surface area contributed by atoms with Gasteiger partial charge in [0, 0.05) is 28.7 Å². The second kappa shape index (κ2) is 8.72. The molecule has 2 aromatic rings. The molecule has 3 N–H and O–H groups in total. The second-order valence-electron chi connectivity index (χ2n) is 6.66. The number of nitrogens with zero attached hydrogens (tertiary/aromatic N) is 1. The summed E-state index contributed by atoms with van der Waals surface area (Å²) < 4.78 is 0. The number of phenolic OH excluding ortho intramolecular Hbond substituents is 2. The minimum atomic E-state index is -0.367. The Morgan fingerprint density at radius 3 is 2.24 bits per heavy atom. The monoisotopic (exact) mass is 431 g/mol. The number of carbonyl (C=O) groups excluding carboxylic acids is 1. The van der Waals surface area contributed by atoms with Crippen molar-refractivity contribution in [3.63, 3.8) is 0 Å². The molecule has 2 aromatic carbocycles. The van der Waals surface area contributed by atoms with E-state index in [0.717, 1.165) is 0 Å². The summed E-state index contributed by atoms with van der Waals surface area (Å²) in [7, 11) is 0. The molecule has 0 unspecified atom stereocenters. The Morgan fingerprint density at radius 2 is 1.62 bits per heavy atom. The van der Waals surface area contributed by atoms with Crippen LogP contribution in [0.25, 0.3) is 0 Å². The van der Waals surface area contributed by atoms with E-state index in [0.29, 0.717) is 34.7 Å². The van der Waals surface area contributed by atoms with Crippen molar-refractivity contribution in [2.75, 3.05) is 0 Å². The summed E-state index contributed by atoms with van der Waals surface area (Å²) in [6, 6.07) is 8.88. The number of halogens is 2. The highest BCUT2D eigenvalue weighted by Crippen LogP contribution is 2.33. The van der Waals surface area contributed by atoms with Gasteiger partial charge in [-0.05, 0) is 42.3 Å². The van der Waals surface area contributed by atoms with Crippen LogP contribution in [0.2, 0.25) is 10.0 Å². The van der Waals surface area contributed by atoms with Gasteiger partial charge in [0.25, 0.3) is 0 Å². The SMILES string of the molecule is CCCC1=C(O)C(Cc2ccc(O)cc2Cl)=CC(=Nc2ccc(O)cc2Cl)C1=O. The van der Waals surface area contributed by atoms with Gasteiger partial charge in [0.1, 0.15) is 23.0 Å². The molecule has 0 amide bonds. The first-order valence-electron chi connectivity index (χ1n) is 9.02. The number of benzene rings is 2. The Labute approximate surface area is 178 Å². The first-order chi connectivity index (χ1) is 13.8. The second-order valence-corrected chi connectivity index (χ2v) is 7.48. The third-order valence-electron chi connectivity index (χ3n) is 4.50. The lowest BCUT2D eigenvalue weighted by Crippen LogP contribution is -2.22. The number of carbonyl (C=O) groups is 1. The maximum absolute atomic E-state index is 12.9. The number of aliphatic hydroxyl groups excluding tert-OH is 1. The lowest BCUT2D eigenvalue weighted by molar-refractivity contribution is -0.110. The maximum Gasteiger partial charge on any atom is 0.211 e. The molecule has 150 valence electrons. The highest BCUT2D eigenvalue weighted by atomic mass is 35.5. The number of phenols is 2. The van der Waals surface area contributed by atoms with Crippen LogP contribution in [0.3, 0.4) is 0 Å². The molecule has 0 fully saturated rings. The lowest BCUT2D eigenvalue weighted by atomic mass is 9.88. The Balaban J connectivity index is 2.07. The molecule has 0 aromatic heterocycles. The van der Waals surface area contributed by atoms with E-state index in [9.17, 15) is 20.1 Å². The quantitative estimate of drug-likeness (QED) is 0.518. The number of hydrogen-bond acceptors (Lipinski definition) is 5. The summed E-state index contributed by atoms with van der Waals surface area (Å²) in [5, 5.41) is 30.3. The van der Waals surface area contributed by atoms with Crippen LogP contribution in [-0.4, -0.2) is 26.8 Å². The Hall–Kier alpha value is -2.76. The fourth-order valence-electron chi connectivity index (χ4n) is 3.06. The Morgan fingerprint density at radius 1 is 0.966 bits per heavy atom. The van der Waals surface area contributed by atoms with Crippen LogP contribution in [0.5, 0.6) is 11.5 Å². The van der Waals surface area contributed by atoms with Crippen molar-refractivity contribution in [2.24, 2.45) is 4.99 Å². The summed E-state index contributed by atoms with van der Waals surface area (Å²) >= 11 is 12.3. The molecule has 1 aliphatic rings. The average Bonchev–Trinajstić information content (AvgIpc) is 2.66. The smallest absolute Gasteiger partial charge is 0.211 e. The van der Waals surface area contributed by atoms with E-state index in [2.05, 4.69) is 4.99 Å². The van der Waals surface area contributed by atoms with Gasteiger partial charge in [-0.1, -0.05) is 42.6 Å². The van der Waals surface area contributed by atoms with Crippen molar-refractivity contribution >= 4 is 40.4 Å². The van der Waals surface area contributed by atoms with Crippen molar-refractivity contribution < 1.29 is 20.1 Å². The predicted octanol–water partition coefficient (Wildman–Crippen LogP) is 5.84. The van der Waals surface area contributed by atoms with Gasteiger partial charge in [-0.15, -0.1) is 0 Å². The minimum Gasteiger partial charge on any atom is -0.508 e. The molecule has 0 atom stereocenters. The third-order valence-corrected chi connectivity index (χ3v) is 5.15. The normalized spacial score (nSPS) is 15.8. The van der Waals surface area contributed by atoms with Crippen LogP contribution in [0.1, 0.15) is 25.3 Å². The number of aromatic hydroxyl groups is 2. The largest absolute Gasteiger partial charge is 0.508 e. The van der Waals surface area contributed by atoms with Gasteiger partial charge in [-0.25, -0.2) is 4.99 Å². The van der Waals surface area contributed by atoms with Crippen molar-refractivity contribution in [3.8, 4) is 11.5 Å². The molecule has 1 aliphatic carbocycles. The van der Waals surface area contributed by atoms with Crippen molar-refractivity contribution in [2.45, 2.75) is 26.2 Å². The predicted molar refractivity (Wildman–Crippen MR) is 115 cm³/mol. The number of aliphatic hydroxyl groups is 1. The van der Waals surface area contributed by atoms with Gasteiger partial charge in [0.15, 0.2) is 0 Å². The molecule has 5 nitrogen and oxygen atoms in total. The van der Waals surface area contributed by atoms with E-state index in [1.54, 1.807) is 6.07 Å². The molecule has 0 saturated heterocycles. The van der Waals surface area contributed by atoms with Crippen LogP contribution in [0.4, 0.5) is 5.69 Å². The molecule has 0 radical (unpaired) electrons. The molecule has 0 heterocycles. The number of rotatable bonds is 5. The van der Waals surface area contributed by atoms with Gasteiger partial charge in [-0.3, -0.25) is 4.79 Å². The number of ketones is 1. The molecule has 29 heavy (non-hydrogen) atoms. The van der Waals surface area contributed by atoms with Crippen LogP contribution in [0, 0.1) is 0 Å². The highest BCUT2D eigenvalue weighted by molar-refractivity contribution is 6.51. The molecular weight excluding hydrogens is 413 g/mol. The number of allylic oxidation sites excluding steroid dienone is 3. The van der Waals surface area contributed by atoms with E-state index in [1.165, 1.54) is 36.4 Å². The van der Waals surface area contributed by atoms with Crippen LogP contribution < -0.4 is 0 Å². The van der Waals surface area contributed by atoms with E-state index in [-0.39, 0.29) is 45.8 Å². The van der Waals surface area contributed by atoms with Crippen molar-refractivity contribution in [3.05, 3.63) is 75.0 Å². The van der Waals surface area contributed by atoms with E-state index in [4.69, 9.17) is 23.2 Å². The molecule has 0 spiro atoms. The third kappa shape index (κ3) is 4.63. The zero-order valence-corrected chi connectivity index (χ0v) is 17.1. The van der Waals surface area contributed by atoms with Gasteiger partial charge >= 0.3 is 0 Å². The fraction of sp³-hybridized carbons (Fsp3) is 0.182. The Bertz CT molecular complexity index is 1070. The molecule has 0 saturated carbocycles. The zero-order chi connectivity index (χ0) is 21.1. The summed E-state index contributed by atoms with van der Waals surface area (Å²) in [4.78, 5) is 17.2. The van der Waals surface area contributed by atoms with Gasteiger partial charge in [-0.2, -0.15) is 0 Å². The standard InChI is InChI=1S/C22H19Cl2NO4/c1-2-3-16-21(28)13(8-12-4-5-14(26)10-17(12)23)9-20(22(16)29)25-19-7-6-15(27)11-18(19)24/h4-7,9-11,26-28H,2-3,8H2,1H3. The summed E-state index contributed by atoms with van der Waals surface area (Å²) in [5.74, 6) is -0.399. The number of aliphatic imine (C=N–C) groups is 1. The minimum absolute atomic E-state index is 0.00339. The lowest BCUT2D eigenvalue weighted by Gasteiger charge is -2.19. The summed E-state index contributed by atoms with van der Waals surface area (Å²) in [5.41, 5.74) is 1.95. The first kappa shape index (κ1) is 21.0. The molecule has 0 bridgehead atoms. The Kier molecular flexibility index (Phi) is 6.30. The van der Waals surface area contributed by atoms with Crippen LogP contribution in [-0.2, 0) is 11.2 Å². The van der Waals surface area contributed by atoms with E-state index in [1.807, 2.05) is 6.92 Å². The number of Topliss-reactive ketones (excluding diaryl/α,β-unsaturated/α-hetero) is 1. The van der Waals surface area contributed by atoms with Gasteiger partial charge in [0.2, 0.25) is 5.78 Å². The first-order valence-corrected chi connectivity index (χ1v) is 9.78. The summed E-state index contributed by atoms with van der Waals surface area (Å²) in [6.07, 6.45) is 2.84.